The number of methoxy groups -OCH3 is 2. The van der Waals surface area contributed by atoms with Crippen molar-refractivity contribution in [2.75, 3.05) is 32.6 Å². The molecule has 1 N–H and O–H groups in total. The van der Waals surface area contributed by atoms with Crippen molar-refractivity contribution >= 4 is 22.9 Å². The average Bonchev–Trinajstić information content (AvgIpc) is 3.22. The monoisotopic (exact) mass is 408 g/mol. The maximum Gasteiger partial charge on any atom is 0.238 e. The molecule has 0 spiro atoms. The van der Waals surface area contributed by atoms with E-state index in [-0.39, 0.29) is 11.9 Å². The molecule has 1 amide bonds. The molecule has 0 bridgehead atoms. The summed E-state index contributed by atoms with van der Waals surface area (Å²) in [5.41, 5.74) is 3.18. The Morgan fingerprint density at radius 1 is 1.10 bits per heavy atom. The summed E-state index contributed by atoms with van der Waals surface area (Å²) < 4.78 is 10.6. The Morgan fingerprint density at radius 2 is 1.83 bits per heavy atom. The quantitative estimate of drug-likeness (QED) is 0.659. The zero-order valence-electron chi connectivity index (χ0n) is 16.6. The highest BCUT2D eigenvalue weighted by Crippen LogP contribution is 2.37. The molecule has 0 radical (unpaired) electrons. The molecule has 29 heavy (non-hydrogen) atoms. The van der Waals surface area contributed by atoms with Crippen LogP contribution in [0.5, 0.6) is 11.5 Å². The van der Waals surface area contributed by atoms with Crippen molar-refractivity contribution < 1.29 is 14.3 Å². The van der Waals surface area contributed by atoms with E-state index in [4.69, 9.17) is 9.47 Å². The van der Waals surface area contributed by atoms with Gasteiger partial charge in [0.1, 0.15) is 11.5 Å². The first-order valence-electron chi connectivity index (χ1n) is 9.56. The molecule has 0 fully saturated rings. The predicted molar refractivity (Wildman–Crippen MR) is 116 cm³/mol. The molecule has 0 saturated carbocycles. The van der Waals surface area contributed by atoms with Crippen LogP contribution in [0.15, 0.2) is 60.0 Å². The molecule has 1 unspecified atom stereocenters. The SMILES string of the molecule is COc1cc(NC(=O)CN2CCc3sccc3C2c2ccccc2)cc(OC)c1. The molecule has 2 heterocycles. The predicted octanol–water partition coefficient (Wildman–Crippen LogP) is 4.35. The van der Waals surface area contributed by atoms with E-state index in [1.54, 1.807) is 43.8 Å². The highest BCUT2D eigenvalue weighted by atomic mass is 32.1. The van der Waals surface area contributed by atoms with Crippen LogP contribution in [0.4, 0.5) is 5.69 Å². The second-order valence-electron chi connectivity index (χ2n) is 6.98. The van der Waals surface area contributed by atoms with E-state index in [9.17, 15) is 4.79 Å². The Morgan fingerprint density at radius 3 is 2.52 bits per heavy atom. The summed E-state index contributed by atoms with van der Waals surface area (Å²) in [5, 5.41) is 5.14. The van der Waals surface area contributed by atoms with E-state index in [0.717, 1.165) is 13.0 Å². The number of carbonyl (C=O) groups is 1. The van der Waals surface area contributed by atoms with Crippen LogP contribution < -0.4 is 14.8 Å². The number of nitrogens with one attached hydrogen (secondary N) is 1. The fourth-order valence-corrected chi connectivity index (χ4v) is 4.73. The van der Waals surface area contributed by atoms with Crippen LogP contribution in [-0.4, -0.2) is 38.1 Å². The Labute approximate surface area is 174 Å². The van der Waals surface area contributed by atoms with Crippen LogP contribution in [0.25, 0.3) is 0 Å². The molecule has 1 aromatic heterocycles. The van der Waals surface area contributed by atoms with Gasteiger partial charge in [0.2, 0.25) is 5.91 Å². The van der Waals surface area contributed by atoms with Crippen LogP contribution in [0.1, 0.15) is 22.0 Å². The number of ether oxygens (including phenoxy) is 2. The molecule has 1 aliphatic heterocycles. The van der Waals surface area contributed by atoms with Gasteiger partial charge >= 0.3 is 0 Å². The number of benzene rings is 2. The summed E-state index contributed by atoms with van der Waals surface area (Å²) in [6, 6.07) is 18.0. The second-order valence-corrected chi connectivity index (χ2v) is 7.98. The van der Waals surface area contributed by atoms with Crippen LogP contribution in [0.2, 0.25) is 0 Å². The normalized spacial score (nSPS) is 16.1. The number of amides is 1. The Balaban J connectivity index is 1.54. The molecule has 6 heteroatoms. The van der Waals surface area contributed by atoms with Gasteiger partial charge in [0.05, 0.1) is 26.8 Å². The fourth-order valence-electron chi connectivity index (χ4n) is 3.83. The molecule has 150 valence electrons. The summed E-state index contributed by atoms with van der Waals surface area (Å²) in [6.07, 6.45) is 0.969. The number of carbonyl (C=O) groups excluding carboxylic acids is 1. The van der Waals surface area contributed by atoms with Crippen LogP contribution in [0, 0.1) is 0 Å². The van der Waals surface area contributed by atoms with Gasteiger partial charge in [-0.2, -0.15) is 0 Å². The molecular formula is C23H24N2O3S. The largest absolute Gasteiger partial charge is 0.497 e. The number of rotatable bonds is 6. The van der Waals surface area contributed by atoms with Gasteiger partial charge in [-0.3, -0.25) is 9.69 Å². The lowest BCUT2D eigenvalue weighted by Gasteiger charge is -2.35. The van der Waals surface area contributed by atoms with Crippen molar-refractivity contribution in [3.63, 3.8) is 0 Å². The minimum atomic E-state index is -0.0556. The third kappa shape index (κ3) is 4.28. The van der Waals surface area contributed by atoms with Crippen molar-refractivity contribution in [3.05, 3.63) is 76.0 Å². The second kappa shape index (κ2) is 8.68. The maximum absolute atomic E-state index is 12.9. The van der Waals surface area contributed by atoms with E-state index in [1.807, 2.05) is 6.07 Å². The molecule has 0 aliphatic carbocycles. The van der Waals surface area contributed by atoms with Gasteiger partial charge in [-0.05, 0) is 29.0 Å². The zero-order chi connectivity index (χ0) is 20.2. The minimum absolute atomic E-state index is 0.0556. The highest BCUT2D eigenvalue weighted by molar-refractivity contribution is 7.10. The first kappa shape index (κ1) is 19.5. The van der Waals surface area contributed by atoms with Gasteiger partial charge in [-0.1, -0.05) is 30.3 Å². The van der Waals surface area contributed by atoms with E-state index < -0.39 is 0 Å². The highest BCUT2D eigenvalue weighted by Gasteiger charge is 2.30. The van der Waals surface area contributed by atoms with Crippen molar-refractivity contribution in [3.8, 4) is 11.5 Å². The summed E-state index contributed by atoms with van der Waals surface area (Å²) >= 11 is 1.80. The Bertz CT molecular complexity index is 965. The van der Waals surface area contributed by atoms with Gasteiger partial charge < -0.3 is 14.8 Å². The number of nitrogens with zero attached hydrogens (tertiary/aromatic N) is 1. The lowest BCUT2D eigenvalue weighted by atomic mass is 9.93. The number of fused-ring (bicyclic) bond motifs is 1. The van der Waals surface area contributed by atoms with Gasteiger partial charge in [0.25, 0.3) is 0 Å². The third-order valence-corrected chi connectivity index (χ3v) is 6.16. The molecule has 1 aliphatic rings. The summed E-state index contributed by atoms with van der Waals surface area (Å²) in [6.45, 7) is 1.16. The van der Waals surface area contributed by atoms with Gasteiger partial charge in [-0.15, -0.1) is 11.3 Å². The third-order valence-electron chi connectivity index (χ3n) is 5.16. The minimum Gasteiger partial charge on any atom is -0.497 e. The van der Waals surface area contributed by atoms with Crippen LogP contribution in [-0.2, 0) is 11.2 Å². The van der Waals surface area contributed by atoms with Crippen molar-refractivity contribution in [2.45, 2.75) is 12.5 Å². The lowest BCUT2D eigenvalue weighted by molar-refractivity contribution is -0.117. The number of anilines is 1. The Kier molecular flexibility index (Phi) is 5.83. The average molecular weight is 409 g/mol. The van der Waals surface area contributed by atoms with Gasteiger partial charge in [0, 0.05) is 35.3 Å². The number of thiophene rings is 1. The summed E-state index contributed by atoms with van der Waals surface area (Å²) in [7, 11) is 3.19. The van der Waals surface area contributed by atoms with Crippen molar-refractivity contribution in [1.82, 2.24) is 4.90 Å². The topological polar surface area (TPSA) is 50.8 Å². The van der Waals surface area contributed by atoms with Crippen molar-refractivity contribution in [1.29, 1.82) is 0 Å². The van der Waals surface area contributed by atoms with E-state index in [2.05, 4.69) is 45.9 Å². The number of hydrogen-bond donors (Lipinski definition) is 1. The van der Waals surface area contributed by atoms with E-state index in [1.165, 1.54) is 16.0 Å². The zero-order valence-corrected chi connectivity index (χ0v) is 17.4. The fraction of sp³-hybridized carbons (Fsp3) is 0.261. The van der Waals surface area contributed by atoms with Crippen LogP contribution >= 0.6 is 11.3 Å². The molecular weight excluding hydrogens is 384 g/mol. The smallest absolute Gasteiger partial charge is 0.238 e. The summed E-state index contributed by atoms with van der Waals surface area (Å²) in [4.78, 5) is 16.5. The molecule has 1 atom stereocenters. The van der Waals surface area contributed by atoms with Crippen LogP contribution in [0.3, 0.4) is 0 Å². The van der Waals surface area contributed by atoms with E-state index >= 15 is 0 Å². The standard InChI is InChI=1S/C23H24N2O3S/c1-27-18-12-17(13-19(14-18)28-2)24-22(26)15-25-10-8-21-20(9-11-29-21)23(25)16-6-4-3-5-7-16/h3-7,9,11-14,23H,8,10,15H2,1-2H3,(H,24,26). The molecule has 4 rings (SSSR count). The van der Waals surface area contributed by atoms with E-state index in [0.29, 0.717) is 23.7 Å². The molecule has 0 saturated heterocycles. The molecule has 3 aromatic rings. The first-order chi connectivity index (χ1) is 14.2. The summed E-state index contributed by atoms with van der Waals surface area (Å²) in [5.74, 6) is 1.23. The van der Waals surface area contributed by atoms with Crippen molar-refractivity contribution in [2.24, 2.45) is 0 Å². The van der Waals surface area contributed by atoms with Gasteiger partial charge in [-0.25, -0.2) is 0 Å². The molecule has 5 nitrogen and oxygen atoms in total. The van der Waals surface area contributed by atoms with Gasteiger partial charge in [0.15, 0.2) is 0 Å². The number of hydrogen-bond acceptors (Lipinski definition) is 5. The first-order valence-corrected chi connectivity index (χ1v) is 10.4. The maximum atomic E-state index is 12.9. The lowest BCUT2D eigenvalue weighted by Crippen LogP contribution is -2.40. The molecule has 2 aromatic carbocycles. The Hall–Kier alpha value is -2.83.